The van der Waals surface area contributed by atoms with Crippen LogP contribution in [0.5, 0.6) is 0 Å². The van der Waals surface area contributed by atoms with E-state index in [0.717, 1.165) is 50.1 Å². The first-order chi connectivity index (χ1) is 10.7. The van der Waals surface area contributed by atoms with E-state index >= 15 is 0 Å². The van der Waals surface area contributed by atoms with E-state index in [1.165, 1.54) is 0 Å². The molecule has 0 radical (unpaired) electrons. The summed E-state index contributed by atoms with van der Waals surface area (Å²) in [5.41, 5.74) is 1.86. The zero-order chi connectivity index (χ0) is 15.1. The third-order valence-electron chi connectivity index (χ3n) is 4.48. The van der Waals surface area contributed by atoms with Crippen LogP contribution in [0.25, 0.3) is 11.1 Å². The Kier molecular flexibility index (Phi) is 3.33. The van der Waals surface area contributed by atoms with Crippen LogP contribution in [-0.4, -0.2) is 46.7 Å². The van der Waals surface area contributed by atoms with Gasteiger partial charge in [0.2, 0.25) is 0 Å². The molecule has 2 aliphatic rings. The van der Waals surface area contributed by atoms with Gasteiger partial charge in [0, 0.05) is 31.3 Å². The third-order valence-corrected chi connectivity index (χ3v) is 4.48. The lowest BCUT2D eigenvalue weighted by Gasteiger charge is -2.25. The maximum atomic E-state index is 12.9. The molecule has 116 valence electrons. The Morgan fingerprint density at radius 3 is 3.00 bits per heavy atom. The predicted octanol–water partition coefficient (Wildman–Crippen LogP) is 2.17. The van der Waals surface area contributed by atoms with Gasteiger partial charge in [0.15, 0.2) is 0 Å². The molecule has 1 atom stereocenters. The van der Waals surface area contributed by atoms with Crippen LogP contribution in [0.15, 0.2) is 16.8 Å². The minimum Gasteiger partial charge on any atom is -0.381 e. The molecule has 1 saturated heterocycles. The van der Waals surface area contributed by atoms with E-state index in [-0.39, 0.29) is 5.91 Å². The zero-order valence-electron chi connectivity index (χ0n) is 12.6. The zero-order valence-corrected chi connectivity index (χ0v) is 12.6. The van der Waals surface area contributed by atoms with Crippen molar-refractivity contribution in [2.75, 3.05) is 19.8 Å². The van der Waals surface area contributed by atoms with Gasteiger partial charge in [-0.05, 0) is 32.3 Å². The summed E-state index contributed by atoms with van der Waals surface area (Å²) in [6, 6.07) is 2.23. The number of carbonyl (C=O) groups is 1. The van der Waals surface area contributed by atoms with Crippen LogP contribution in [0, 0.1) is 12.8 Å². The average Bonchev–Trinajstić information content (AvgIpc) is 3.12. The van der Waals surface area contributed by atoms with Gasteiger partial charge in [-0.3, -0.25) is 4.79 Å². The van der Waals surface area contributed by atoms with Crippen molar-refractivity contribution >= 4 is 17.0 Å². The van der Waals surface area contributed by atoms with Crippen LogP contribution in [0.2, 0.25) is 0 Å². The van der Waals surface area contributed by atoms with Gasteiger partial charge < -0.3 is 14.2 Å². The number of fused-ring (bicyclic) bond motifs is 1. The monoisotopic (exact) mass is 301 g/mol. The summed E-state index contributed by atoms with van der Waals surface area (Å²) < 4.78 is 10.5. The van der Waals surface area contributed by atoms with Crippen molar-refractivity contribution in [3.05, 3.63) is 23.5 Å². The van der Waals surface area contributed by atoms with Gasteiger partial charge in [-0.15, -0.1) is 0 Å². The van der Waals surface area contributed by atoms with E-state index in [2.05, 4.69) is 10.1 Å². The van der Waals surface area contributed by atoms with Crippen LogP contribution in [0.1, 0.15) is 35.3 Å². The molecule has 1 saturated carbocycles. The quantitative estimate of drug-likeness (QED) is 0.865. The largest absolute Gasteiger partial charge is 0.381 e. The molecule has 0 N–H and O–H groups in total. The highest BCUT2D eigenvalue weighted by Gasteiger charge is 2.35. The summed E-state index contributed by atoms with van der Waals surface area (Å²) in [4.78, 5) is 19.1. The molecule has 3 heterocycles. The smallest absolute Gasteiger partial charge is 0.257 e. The van der Waals surface area contributed by atoms with Crippen LogP contribution >= 0.6 is 0 Å². The highest BCUT2D eigenvalue weighted by atomic mass is 16.5. The Labute approximate surface area is 128 Å². The summed E-state index contributed by atoms with van der Waals surface area (Å²) >= 11 is 0. The molecule has 1 amide bonds. The minimum absolute atomic E-state index is 0.0596. The third kappa shape index (κ3) is 2.47. The van der Waals surface area contributed by atoms with Crippen LogP contribution in [0.3, 0.4) is 0 Å². The molecule has 2 fully saturated rings. The van der Waals surface area contributed by atoms with Crippen molar-refractivity contribution in [1.29, 1.82) is 0 Å². The van der Waals surface area contributed by atoms with Crippen molar-refractivity contribution in [2.24, 2.45) is 5.92 Å². The summed E-state index contributed by atoms with van der Waals surface area (Å²) in [6.07, 6.45) is 4.83. The number of carbonyl (C=O) groups excluding carboxylic acids is 1. The maximum Gasteiger partial charge on any atom is 0.257 e. The molecule has 0 unspecified atom stereocenters. The predicted molar refractivity (Wildman–Crippen MR) is 79.5 cm³/mol. The molecule has 1 aliphatic carbocycles. The number of ether oxygens (including phenoxy) is 1. The highest BCUT2D eigenvalue weighted by molar-refractivity contribution is 5.97. The molecular formula is C16H19N3O3. The Morgan fingerprint density at radius 2 is 2.27 bits per heavy atom. The van der Waals surface area contributed by atoms with Gasteiger partial charge in [-0.1, -0.05) is 5.16 Å². The molecule has 4 rings (SSSR count). The Balaban J connectivity index is 1.59. The molecule has 0 bridgehead atoms. The Morgan fingerprint density at radius 1 is 1.41 bits per heavy atom. The molecular weight excluding hydrogens is 282 g/mol. The molecule has 1 aliphatic heterocycles. The van der Waals surface area contributed by atoms with Crippen molar-refractivity contribution in [3.8, 4) is 0 Å². The standard InChI is InChI=1S/C16H19N3O3/c1-10-14-6-12(7-17-15(14)22-18-10)16(20)19(13-2-3-13)8-11-4-5-21-9-11/h6-7,11,13H,2-5,8-9H2,1H3/t11-/m0/s1. The van der Waals surface area contributed by atoms with Crippen LogP contribution < -0.4 is 0 Å². The van der Waals surface area contributed by atoms with E-state index in [1.807, 2.05) is 17.9 Å². The lowest BCUT2D eigenvalue weighted by atomic mass is 10.1. The van der Waals surface area contributed by atoms with Crippen molar-refractivity contribution in [1.82, 2.24) is 15.0 Å². The van der Waals surface area contributed by atoms with Gasteiger partial charge in [0.1, 0.15) is 0 Å². The number of hydrogen-bond donors (Lipinski definition) is 0. The summed E-state index contributed by atoms with van der Waals surface area (Å²) in [6.45, 7) is 4.21. The number of hydrogen-bond acceptors (Lipinski definition) is 5. The molecule has 2 aromatic heterocycles. The van der Waals surface area contributed by atoms with Gasteiger partial charge in [0.05, 0.1) is 23.3 Å². The number of amides is 1. The van der Waals surface area contributed by atoms with Crippen LogP contribution in [0.4, 0.5) is 0 Å². The van der Waals surface area contributed by atoms with Gasteiger partial charge in [0.25, 0.3) is 11.6 Å². The molecule has 2 aromatic rings. The topological polar surface area (TPSA) is 68.5 Å². The first kappa shape index (κ1) is 13.7. The number of aromatic nitrogens is 2. The van der Waals surface area contributed by atoms with E-state index in [9.17, 15) is 4.79 Å². The maximum absolute atomic E-state index is 12.9. The Hall–Kier alpha value is -1.95. The van der Waals surface area contributed by atoms with E-state index in [0.29, 0.717) is 23.2 Å². The first-order valence-corrected chi connectivity index (χ1v) is 7.83. The second-order valence-electron chi connectivity index (χ2n) is 6.26. The van der Waals surface area contributed by atoms with E-state index in [4.69, 9.17) is 9.26 Å². The fourth-order valence-corrected chi connectivity index (χ4v) is 3.02. The van der Waals surface area contributed by atoms with Gasteiger partial charge in [-0.2, -0.15) is 0 Å². The highest BCUT2D eigenvalue weighted by Crippen LogP contribution is 2.30. The molecule has 6 nitrogen and oxygen atoms in total. The Bertz CT molecular complexity index is 702. The summed E-state index contributed by atoms with van der Waals surface area (Å²) in [5, 5.41) is 4.70. The molecule has 22 heavy (non-hydrogen) atoms. The van der Waals surface area contributed by atoms with Crippen molar-refractivity contribution < 1.29 is 14.1 Å². The minimum atomic E-state index is 0.0596. The molecule has 0 aromatic carbocycles. The van der Waals surface area contributed by atoms with Gasteiger partial charge in [-0.25, -0.2) is 4.98 Å². The summed E-state index contributed by atoms with van der Waals surface area (Å²) in [7, 11) is 0. The SMILES string of the molecule is Cc1noc2ncc(C(=O)N(C[C@@H]3CCOC3)C3CC3)cc12. The summed E-state index contributed by atoms with van der Waals surface area (Å²) in [5.74, 6) is 0.517. The number of rotatable bonds is 4. The van der Waals surface area contributed by atoms with Gasteiger partial charge >= 0.3 is 0 Å². The second kappa shape index (κ2) is 5.35. The first-order valence-electron chi connectivity index (χ1n) is 7.83. The average molecular weight is 301 g/mol. The van der Waals surface area contributed by atoms with Crippen LogP contribution in [-0.2, 0) is 4.74 Å². The fraction of sp³-hybridized carbons (Fsp3) is 0.562. The van der Waals surface area contributed by atoms with Crippen molar-refractivity contribution in [3.63, 3.8) is 0 Å². The number of pyridine rings is 1. The second-order valence-corrected chi connectivity index (χ2v) is 6.26. The number of nitrogens with zero attached hydrogens (tertiary/aromatic N) is 3. The lowest BCUT2D eigenvalue weighted by Crippen LogP contribution is -2.37. The molecule has 6 heteroatoms. The molecule has 0 spiro atoms. The lowest BCUT2D eigenvalue weighted by molar-refractivity contribution is 0.0706. The number of aryl methyl sites for hydroxylation is 1. The van der Waals surface area contributed by atoms with E-state index < -0.39 is 0 Å². The van der Waals surface area contributed by atoms with E-state index in [1.54, 1.807) is 6.20 Å². The van der Waals surface area contributed by atoms with Crippen molar-refractivity contribution in [2.45, 2.75) is 32.2 Å². The normalized spacial score (nSPS) is 21.4. The fourth-order valence-electron chi connectivity index (χ4n) is 3.02.